The number of hydrogen-bond donors (Lipinski definition) is 0. The van der Waals surface area contributed by atoms with Gasteiger partial charge in [-0.1, -0.05) is 32.0 Å². The van der Waals surface area contributed by atoms with Crippen molar-refractivity contribution in [1.82, 2.24) is 9.88 Å². The second kappa shape index (κ2) is 12.7. The number of benzene rings is 1. The number of esters is 1. The van der Waals surface area contributed by atoms with E-state index >= 15 is 0 Å². The standard InChI is InChI=1S/C36H53N3O5/c1-12-42-32(40)31(43-34(4,5)6)29-24(3)37-23(2)28(30(29)38-19-16-36(10,11)17-20-38)26-13-14-27-22-39(18-15-25(27)21-26)33(41)44-35(7,8)9/h13-14,21,31H,12,15-20,22H2,1-11H3. The van der Waals surface area contributed by atoms with Gasteiger partial charge in [-0.15, -0.1) is 0 Å². The number of ether oxygens (including phenoxy) is 3. The largest absolute Gasteiger partial charge is 0.464 e. The van der Waals surface area contributed by atoms with E-state index in [2.05, 4.69) is 43.9 Å². The molecular weight excluding hydrogens is 554 g/mol. The molecule has 1 amide bonds. The molecule has 0 aliphatic carbocycles. The maximum absolute atomic E-state index is 13.6. The molecule has 4 rings (SSSR count). The van der Waals surface area contributed by atoms with Crippen LogP contribution < -0.4 is 4.90 Å². The Hall–Kier alpha value is -3.13. The van der Waals surface area contributed by atoms with Crippen LogP contribution in [0.15, 0.2) is 18.2 Å². The van der Waals surface area contributed by atoms with Gasteiger partial charge in [0.15, 0.2) is 6.10 Å². The Bertz CT molecular complexity index is 1380. The molecule has 0 N–H and O–H groups in total. The molecule has 242 valence electrons. The van der Waals surface area contributed by atoms with Gasteiger partial charge >= 0.3 is 12.1 Å². The van der Waals surface area contributed by atoms with Gasteiger partial charge in [0.1, 0.15) is 5.60 Å². The lowest BCUT2D eigenvalue weighted by Gasteiger charge is -2.41. The number of nitrogens with zero attached hydrogens (tertiary/aromatic N) is 3. The molecule has 1 unspecified atom stereocenters. The van der Waals surface area contributed by atoms with E-state index in [1.807, 2.05) is 55.4 Å². The summed E-state index contributed by atoms with van der Waals surface area (Å²) in [7, 11) is 0. The molecule has 2 aliphatic heterocycles. The summed E-state index contributed by atoms with van der Waals surface area (Å²) in [4.78, 5) is 35.6. The number of carbonyl (C=O) groups excluding carboxylic acids is 2. The Morgan fingerprint density at radius 1 is 0.955 bits per heavy atom. The van der Waals surface area contributed by atoms with Gasteiger partial charge in [0, 0.05) is 48.7 Å². The number of hydrogen-bond acceptors (Lipinski definition) is 7. The number of amides is 1. The minimum atomic E-state index is -0.910. The predicted molar refractivity (Wildman–Crippen MR) is 175 cm³/mol. The van der Waals surface area contributed by atoms with Gasteiger partial charge in [-0.05, 0) is 104 Å². The summed E-state index contributed by atoms with van der Waals surface area (Å²) in [6, 6.07) is 6.49. The zero-order valence-electron chi connectivity index (χ0n) is 28.8. The molecule has 44 heavy (non-hydrogen) atoms. The number of pyridine rings is 1. The van der Waals surface area contributed by atoms with E-state index in [1.165, 1.54) is 5.56 Å². The van der Waals surface area contributed by atoms with Crippen LogP contribution in [0, 0.1) is 19.3 Å². The molecule has 1 atom stereocenters. The van der Waals surface area contributed by atoms with Gasteiger partial charge in [-0.25, -0.2) is 9.59 Å². The maximum Gasteiger partial charge on any atom is 0.410 e. The van der Waals surface area contributed by atoms with E-state index in [0.29, 0.717) is 13.1 Å². The van der Waals surface area contributed by atoms with Gasteiger partial charge in [-0.3, -0.25) is 4.98 Å². The fraction of sp³-hybridized carbons (Fsp3) is 0.639. The van der Waals surface area contributed by atoms with Crippen LogP contribution in [0.2, 0.25) is 0 Å². The number of aromatic nitrogens is 1. The van der Waals surface area contributed by atoms with Crippen molar-refractivity contribution in [2.45, 2.75) is 119 Å². The molecule has 1 saturated heterocycles. The van der Waals surface area contributed by atoms with Crippen molar-refractivity contribution in [3.05, 3.63) is 46.3 Å². The molecule has 3 heterocycles. The summed E-state index contributed by atoms with van der Waals surface area (Å²) >= 11 is 0. The normalized spacial score (nSPS) is 17.6. The van der Waals surface area contributed by atoms with Crippen molar-refractivity contribution in [2.24, 2.45) is 5.41 Å². The highest BCUT2D eigenvalue weighted by molar-refractivity contribution is 5.88. The summed E-state index contributed by atoms with van der Waals surface area (Å²) < 4.78 is 17.7. The van der Waals surface area contributed by atoms with Crippen LogP contribution in [0.5, 0.6) is 0 Å². The molecule has 2 aromatic rings. The van der Waals surface area contributed by atoms with Crippen LogP contribution in [0.4, 0.5) is 10.5 Å². The summed E-state index contributed by atoms with van der Waals surface area (Å²) in [5, 5.41) is 0. The fourth-order valence-corrected chi connectivity index (χ4v) is 6.16. The average Bonchev–Trinajstić information content (AvgIpc) is 2.90. The number of fused-ring (bicyclic) bond motifs is 1. The number of anilines is 1. The third kappa shape index (κ3) is 7.92. The highest BCUT2D eigenvalue weighted by atomic mass is 16.6. The van der Waals surface area contributed by atoms with Crippen LogP contribution in [-0.2, 0) is 32.0 Å². The summed E-state index contributed by atoms with van der Waals surface area (Å²) in [6.45, 7) is 25.2. The van der Waals surface area contributed by atoms with Crippen LogP contribution in [0.3, 0.4) is 0 Å². The molecule has 1 aromatic carbocycles. The lowest BCUT2D eigenvalue weighted by molar-refractivity contribution is -0.166. The highest BCUT2D eigenvalue weighted by Crippen LogP contribution is 2.45. The molecular formula is C36H53N3O5. The zero-order chi connectivity index (χ0) is 32.6. The number of carbonyl (C=O) groups is 2. The molecule has 8 nitrogen and oxygen atoms in total. The van der Waals surface area contributed by atoms with Crippen LogP contribution in [0.1, 0.15) is 109 Å². The Morgan fingerprint density at radius 2 is 1.61 bits per heavy atom. The van der Waals surface area contributed by atoms with Crippen molar-refractivity contribution >= 4 is 17.7 Å². The maximum atomic E-state index is 13.6. The van der Waals surface area contributed by atoms with Gasteiger partial charge in [0.05, 0.1) is 17.9 Å². The lowest BCUT2D eigenvalue weighted by Crippen LogP contribution is -2.40. The quantitative estimate of drug-likeness (QED) is 0.311. The van der Waals surface area contributed by atoms with E-state index in [4.69, 9.17) is 19.2 Å². The van der Waals surface area contributed by atoms with Crippen LogP contribution in [-0.4, -0.2) is 59.4 Å². The van der Waals surface area contributed by atoms with Gasteiger partial charge in [0.2, 0.25) is 0 Å². The first-order valence-corrected chi connectivity index (χ1v) is 16.1. The van der Waals surface area contributed by atoms with E-state index in [9.17, 15) is 9.59 Å². The molecule has 2 aliphatic rings. The second-order valence-corrected chi connectivity index (χ2v) is 15.1. The minimum Gasteiger partial charge on any atom is -0.464 e. The third-order valence-electron chi connectivity index (χ3n) is 8.41. The lowest BCUT2D eigenvalue weighted by atomic mass is 9.81. The molecule has 0 saturated carbocycles. The Morgan fingerprint density at radius 3 is 2.20 bits per heavy atom. The first-order chi connectivity index (χ1) is 20.4. The van der Waals surface area contributed by atoms with E-state index in [-0.39, 0.29) is 18.1 Å². The Labute approximate surface area is 264 Å². The predicted octanol–water partition coefficient (Wildman–Crippen LogP) is 7.70. The first kappa shape index (κ1) is 33.8. The smallest absolute Gasteiger partial charge is 0.410 e. The van der Waals surface area contributed by atoms with Crippen molar-refractivity contribution < 1.29 is 23.8 Å². The fourth-order valence-electron chi connectivity index (χ4n) is 6.16. The van der Waals surface area contributed by atoms with Crippen LogP contribution in [0.25, 0.3) is 11.1 Å². The molecule has 1 aromatic heterocycles. The molecule has 0 radical (unpaired) electrons. The van der Waals surface area contributed by atoms with Crippen molar-refractivity contribution in [3.63, 3.8) is 0 Å². The van der Waals surface area contributed by atoms with E-state index in [1.54, 1.807) is 4.90 Å². The topological polar surface area (TPSA) is 81.2 Å². The number of piperidine rings is 1. The molecule has 0 bridgehead atoms. The monoisotopic (exact) mass is 607 g/mol. The molecule has 1 fully saturated rings. The van der Waals surface area contributed by atoms with Crippen molar-refractivity contribution in [3.8, 4) is 11.1 Å². The average molecular weight is 608 g/mol. The zero-order valence-corrected chi connectivity index (χ0v) is 28.8. The number of aryl methyl sites for hydroxylation is 2. The van der Waals surface area contributed by atoms with Gasteiger partial charge in [0.25, 0.3) is 0 Å². The molecule has 0 spiro atoms. The van der Waals surface area contributed by atoms with Gasteiger partial charge in [-0.2, -0.15) is 0 Å². The summed E-state index contributed by atoms with van der Waals surface area (Å²) in [5.74, 6) is -0.395. The van der Waals surface area contributed by atoms with Crippen molar-refractivity contribution in [1.29, 1.82) is 0 Å². The summed E-state index contributed by atoms with van der Waals surface area (Å²) in [5.41, 5.74) is 7.03. The minimum absolute atomic E-state index is 0.252. The molecule has 8 heteroatoms. The summed E-state index contributed by atoms with van der Waals surface area (Å²) in [6.07, 6.45) is 1.63. The Balaban J connectivity index is 1.85. The highest BCUT2D eigenvalue weighted by Gasteiger charge is 2.37. The van der Waals surface area contributed by atoms with E-state index < -0.39 is 23.3 Å². The third-order valence-corrected chi connectivity index (χ3v) is 8.41. The first-order valence-electron chi connectivity index (χ1n) is 16.1. The van der Waals surface area contributed by atoms with Crippen molar-refractivity contribution in [2.75, 3.05) is 31.1 Å². The Kier molecular flexibility index (Phi) is 9.74. The van der Waals surface area contributed by atoms with Crippen LogP contribution >= 0.6 is 0 Å². The number of rotatable bonds is 6. The van der Waals surface area contributed by atoms with E-state index in [0.717, 1.165) is 71.7 Å². The SMILES string of the molecule is CCOC(=O)C(OC(C)(C)C)c1c(C)nc(C)c(-c2ccc3c(c2)CCN(C(=O)OC(C)(C)C)C3)c1N1CCC(C)(C)CC1. The second-order valence-electron chi connectivity index (χ2n) is 15.1. The van der Waals surface area contributed by atoms with Gasteiger partial charge < -0.3 is 24.0 Å².